The van der Waals surface area contributed by atoms with Gasteiger partial charge in [0.2, 0.25) is 8.38 Å². The third-order valence-electron chi connectivity index (χ3n) is 5.08. The van der Waals surface area contributed by atoms with Crippen molar-refractivity contribution in [3.63, 3.8) is 0 Å². The quantitative estimate of drug-likeness (QED) is 0.281. The molecule has 2 rings (SSSR count). The van der Waals surface area contributed by atoms with Crippen molar-refractivity contribution < 1.29 is 9.05 Å². The molecule has 0 saturated heterocycles. The first kappa shape index (κ1) is 24.5. The third kappa shape index (κ3) is 6.35. The number of aryl methyl sites for hydroxylation is 1. The number of hydrogen-bond acceptors (Lipinski definition) is 3. The first-order valence-corrected chi connectivity index (χ1v) is 12.2. The van der Waals surface area contributed by atoms with Gasteiger partial charge in [0.05, 0.1) is 19.1 Å². The van der Waals surface area contributed by atoms with Crippen molar-refractivity contribution >= 4 is 19.9 Å². The van der Waals surface area contributed by atoms with Crippen LogP contribution in [0.1, 0.15) is 68.7 Å². The zero-order valence-corrected chi connectivity index (χ0v) is 20.2. The fourth-order valence-corrected chi connectivity index (χ4v) is 4.83. The molecule has 0 aliphatic rings. The summed E-state index contributed by atoms with van der Waals surface area (Å²) in [5.74, 6) is 0.0766. The predicted molar refractivity (Wildman–Crippen MR) is 131 cm³/mol. The fourth-order valence-electron chi connectivity index (χ4n) is 3.52. The number of hydrogen-bond donors (Lipinski definition) is 0. The summed E-state index contributed by atoms with van der Waals surface area (Å²) in [4.78, 5) is 4.81. The molecule has 0 aliphatic carbocycles. The van der Waals surface area contributed by atoms with Crippen LogP contribution in [0.5, 0.6) is 0 Å². The molecule has 0 saturated carbocycles. The molecule has 0 bridgehead atoms. The molecule has 0 spiro atoms. The molecule has 0 amide bonds. The summed E-state index contributed by atoms with van der Waals surface area (Å²) in [6.45, 7) is 13.9. The van der Waals surface area contributed by atoms with Gasteiger partial charge in [-0.05, 0) is 75.4 Å². The van der Waals surface area contributed by atoms with E-state index in [0.717, 1.165) is 23.8 Å². The van der Waals surface area contributed by atoms with Crippen LogP contribution < -0.4 is 5.30 Å². The van der Waals surface area contributed by atoms with E-state index in [1.807, 2.05) is 27.0 Å². The van der Waals surface area contributed by atoms with E-state index in [0.29, 0.717) is 13.2 Å². The summed E-state index contributed by atoms with van der Waals surface area (Å²) in [5, 5.41) is 1.11. The maximum absolute atomic E-state index is 5.92. The minimum Gasteiger partial charge on any atom is -0.331 e. The minimum absolute atomic E-state index is 0.0766. The van der Waals surface area contributed by atoms with Gasteiger partial charge >= 0.3 is 0 Å². The predicted octanol–water partition coefficient (Wildman–Crippen LogP) is 7.22. The first-order chi connectivity index (χ1) is 14.6. The van der Waals surface area contributed by atoms with E-state index >= 15 is 0 Å². The SMILES string of the molecule is CC=N/C(=C\CCC)C(c1cccc(P(OCC)OCC)c1)c1cccc(C)c1C. The van der Waals surface area contributed by atoms with Crippen molar-refractivity contribution in [1.82, 2.24) is 0 Å². The highest BCUT2D eigenvalue weighted by atomic mass is 31.2. The Morgan fingerprint density at radius 3 is 2.37 bits per heavy atom. The number of benzene rings is 2. The standard InChI is InChI=1S/C26H36NO2P/c1-7-11-18-25(27-8-2)26(24-17-12-14-20(5)21(24)6)22-15-13-16-23(19-22)30(28-9-3)29-10-4/h8,12-19,26H,7,9-11H2,1-6H3/b25-18-,27-8?. The Morgan fingerprint density at radius 2 is 1.73 bits per heavy atom. The van der Waals surface area contributed by atoms with Gasteiger partial charge in [-0.25, -0.2) is 0 Å². The summed E-state index contributed by atoms with van der Waals surface area (Å²) in [6, 6.07) is 15.2. The lowest BCUT2D eigenvalue weighted by Crippen LogP contribution is -2.12. The smallest absolute Gasteiger partial charge is 0.205 e. The summed E-state index contributed by atoms with van der Waals surface area (Å²) < 4.78 is 11.8. The molecule has 0 aromatic heterocycles. The van der Waals surface area contributed by atoms with Gasteiger partial charge < -0.3 is 9.05 Å². The lowest BCUT2D eigenvalue weighted by Gasteiger charge is -2.24. The Labute approximate surface area is 184 Å². The van der Waals surface area contributed by atoms with Crippen molar-refractivity contribution in [1.29, 1.82) is 0 Å². The van der Waals surface area contributed by atoms with Crippen molar-refractivity contribution in [2.45, 2.75) is 60.3 Å². The largest absolute Gasteiger partial charge is 0.331 e. The molecule has 30 heavy (non-hydrogen) atoms. The molecule has 4 heteroatoms. The van der Waals surface area contributed by atoms with Crippen LogP contribution in [0.4, 0.5) is 0 Å². The lowest BCUT2D eigenvalue weighted by atomic mass is 9.84. The topological polar surface area (TPSA) is 30.8 Å². The lowest BCUT2D eigenvalue weighted by molar-refractivity contribution is 0.277. The maximum Gasteiger partial charge on any atom is 0.205 e. The van der Waals surface area contributed by atoms with Crippen LogP contribution in [0.25, 0.3) is 0 Å². The number of unbranched alkanes of at least 4 members (excludes halogenated alkanes) is 1. The molecule has 3 nitrogen and oxygen atoms in total. The van der Waals surface area contributed by atoms with Crippen molar-refractivity contribution in [3.05, 3.63) is 76.5 Å². The fraction of sp³-hybridized carbons (Fsp3) is 0.423. The van der Waals surface area contributed by atoms with Crippen LogP contribution in [-0.4, -0.2) is 19.4 Å². The average molecular weight is 426 g/mol. The third-order valence-corrected chi connectivity index (χ3v) is 6.77. The van der Waals surface area contributed by atoms with Crippen molar-refractivity contribution in [3.8, 4) is 0 Å². The van der Waals surface area contributed by atoms with E-state index in [1.54, 1.807) is 0 Å². The molecular weight excluding hydrogens is 389 g/mol. The number of allylic oxidation sites excluding steroid dienone is 2. The van der Waals surface area contributed by atoms with Gasteiger partial charge in [0.15, 0.2) is 0 Å². The average Bonchev–Trinajstić information content (AvgIpc) is 2.75. The first-order valence-electron chi connectivity index (χ1n) is 11.0. The molecule has 0 heterocycles. The molecule has 0 N–H and O–H groups in total. The highest BCUT2D eigenvalue weighted by molar-refractivity contribution is 7.56. The van der Waals surface area contributed by atoms with Crippen LogP contribution in [0.3, 0.4) is 0 Å². The maximum atomic E-state index is 5.92. The van der Waals surface area contributed by atoms with E-state index in [1.165, 1.54) is 22.3 Å². The van der Waals surface area contributed by atoms with Crippen LogP contribution in [0.2, 0.25) is 0 Å². The summed E-state index contributed by atoms with van der Waals surface area (Å²) in [6.07, 6.45) is 6.30. The summed E-state index contributed by atoms with van der Waals surface area (Å²) in [5.41, 5.74) is 6.24. The summed E-state index contributed by atoms with van der Waals surface area (Å²) >= 11 is 0. The molecule has 2 aromatic rings. The zero-order chi connectivity index (χ0) is 21.9. The van der Waals surface area contributed by atoms with Gasteiger partial charge in [-0.2, -0.15) is 0 Å². The molecule has 1 unspecified atom stereocenters. The van der Waals surface area contributed by atoms with E-state index in [4.69, 9.17) is 14.0 Å². The van der Waals surface area contributed by atoms with Crippen LogP contribution >= 0.6 is 8.38 Å². The van der Waals surface area contributed by atoms with Crippen LogP contribution in [0, 0.1) is 13.8 Å². The molecule has 162 valence electrons. The highest BCUT2D eigenvalue weighted by Crippen LogP contribution is 2.40. The second-order valence-corrected chi connectivity index (χ2v) is 8.76. The van der Waals surface area contributed by atoms with Gasteiger partial charge in [0.25, 0.3) is 0 Å². The molecular formula is C26H36NO2P. The van der Waals surface area contributed by atoms with E-state index in [9.17, 15) is 0 Å². The second-order valence-electron chi connectivity index (χ2n) is 7.21. The zero-order valence-electron chi connectivity index (χ0n) is 19.3. The Bertz CT molecular complexity index is 854. The monoisotopic (exact) mass is 425 g/mol. The highest BCUT2D eigenvalue weighted by Gasteiger charge is 2.23. The Hall–Kier alpha value is -1.80. The van der Waals surface area contributed by atoms with Gasteiger partial charge in [0.1, 0.15) is 0 Å². The molecule has 0 radical (unpaired) electrons. The van der Waals surface area contributed by atoms with Gasteiger partial charge in [-0.3, -0.25) is 4.99 Å². The number of rotatable bonds is 11. The Kier molecular flexibility index (Phi) is 10.4. The van der Waals surface area contributed by atoms with E-state index in [-0.39, 0.29) is 5.92 Å². The van der Waals surface area contributed by atoms with E-state index < -0.39 is 8.38 Å². The van der Waals surface area contributed by atoms with Crippen molar-refractivity contribution in [2.75, 3.05) is 13.2 Å². The Balaban J connectivity index is 2.65. The summed E-state index contributed by atoms with van der Waals surface area (Å²) in [7, 11) is -1.08. The molecule has 0 fully saturated rings. The molecule has 1 atom stereocenters. The number of nitrogens with zero attached hydrogens (tertiary/aromatic N) is 1. The van der Waals surface area contributed by atoms with Gasteiger partial charge in [-0.1, -0.05) is 49.8 Å². The van der Waals surface area contributed by atoms with Crippen LogP contribution in [-0.2, 0) is 9.05 Å². The minimum atomic E-state index is -1.08. The Morgan fingerprint density at radius 1 is 1.03 bits per heavy atom. The second kappa shape index (κ2) is 12.8. The van der Waals surface area contributed by atoms with Crippen LogP contribution in [0.15, 0.2) is 59.2 Å². The van der Waals surface area contributed by atoms with E-state index in [2.05, 4.69) is 69.3 Å². The number of aliphatic imine (C=N–C) groups is 1. The normalized spacial score (nSPS) is 13.4. The van der Waals surface area contributed by atoms with Crippen molar-refractivity contribution in [2.24, 2.45) is 4.99 Å². The van der Waals surface area contributed by atoms with Gasteiger partial charge in [0, 0.05) is 17.2 Å². The molecule has 0 aliphatic heterocycles. The molecule has 2 aromatic carbocycles. The van der Waals surface area contributed by atoms with Gasteiger partial charge in [-0.15, -0.1) is 0 Å².